The van der Waals surface area contributed by atoms with Crippen LogP contribution in [0, 0.1) is 29.1 Å². The first-order valence-electron chi connectivity index (χ1n) is 10.9. The number of hydrogen-bond donors (Lipinski definition) is 3. The highest BCUT2D eigenvalue weighted by atomic mass is 19.2. The quantitative estimate of drug-likeness (QED) is 0.556. The molecule has 188 valence electrons. The summed E-state index contributed by atoms with van der Waals surface area (Å²) in [5.41, 5.74) is -0.660. The number of amides is 2. The number of carbonyl (C=O) groups excluding carboxylic acids is 2. The number of nitrogens with zero attached hydrogens (tertiary/aromatic N) is 2. The first-order valence-corrected chi connectivity index (χ1v) is 10.9. The van der Waals surface area contributed by atoms with Crippen molar-refractivity contribution < 1.29 is 41.8 Å². The van der Waals surface area contributed by atoms with Gasteiger partial charge in [0, 0.05) is 43.5 Å². The third-order valence-electron chi connectivity index (χ3n) is 6.54. The Balaban J connectivity index is 1.50. The van der Waals surface area contributed by atoms with Crippen molar-refractivity contribution in [3.8, 4) is 0 Å². The minimum absolute atomic E-state index is 0.0290. The van der Waals surface area contributed by atoms with E-state index in [4.69, 9.17) is 0 Å². The van der Waals surface area contributed by atoms with Crippen molar-refractivity contribution in [1.82, 2.24) is 15.1 Å². The zero-order chi connectivity index (χ0) is 25.9. The minimum atomic E-state index is -1.95. The van der Waals surface area contributed by atoms with Crippen LogP contribution in [0.5, 0.6) is 0 Å². The Labute approximate surface area is 200 Å². The van der Waals surface area contributed by atoms with Crippen molar-refractivity contribution in [2.45, 2.75) is 25.1 Å². The Bertz CT molecular complexity index is 1350. The van der Waals surface area contributed by atoms with Crippen LogP contribution in [0.15, 0.2) is 47.5 Å². The van der Waals surface area contributed by atoms with Crippen molar-refractivity contribution >= 4 is 11.8 Å². The lowest BCUT2D eigenvalue weighted by molar-refractivity contribution is -0.133. The Morgan fingerprint density at radius 1 is 1.03 bits per heavy atom. The molecule has 3 heterocycles. The van der Waals surface area contributed by atoms with Crippen molar-refractivity contribution in [3.05, 3.63) is 93.3 Å². The zero-order valence-corrected chi connectivity index (χ0v) is 18.4. The Morgan fingerprint density at radius 3 is 2.39 bits per heavy atom. The molecule has 3 aliphatic heterocycles. The van der Waals surface area contributed by atoms with E-state index in [1.54, 1.807) is 0 Å². The van der Waals surface area contributed by atoms with E-state index in [0.29, 0.717) is 23.3 Å². The van der Waals surface area contributed by atoms with Crippen molar-refractivity contribution in [1.29, 1.82) is 0 Å². The van der Waals surface area contributed by atoms with E-state index in [9.17, 15) is 41.8 Å². The van der Waals surface area contributed by atoms with Crippen LogP contribution < -0.4 is 5.32 Å². The van der Waals surface area contributed by atoms with E-state index in [0.717, 1.165) is 18.3 Å². The zero-order valence-electron chi connectivity index (χ0n) is 18.4. The second-order valence-corrected chi connectivity index (χ2v) is 8.64. The van der Waals surface area contributed by atoms with Crippen molar-refractivity contribution in [2.75, 3.05) is 13.1 Å². The molecule has 0 radical (unpaired) electrons. The molecule has 0 saturated carbocycles. The molecule has 5 rings (SSSR count). The maximum Gasteiger partial charge on any atom is 0.274 e. The minimum Gasteiger partial charge on any atom is -0.507 e. The average molecular weight is 507 g/mol. The number of hydrogen-bond acceptors (Lipinski definition) is 5. The number of rotatable bonds is 3. The normalized spacial score (nSPS) is 21.1. The first kappa shape index (κ1) is 23.8. The number of carbonyl (C=O) groups is 2. The van der Waals surface area contributed by atoms with Gasteiger partial charge in [-0.3, -0.25) is 9.59 Å². The number of halogens is 5. The molecule has 2 aromatic carbocycles. The van der Waals surface area contributed by atoms with Crippen LogP contribution in [0.25, 0.3) is 0 Å². The molecule has 12 heteroatoms. The number of fused-ring (bicyclic) bond motifs is 6. The van der Waals surface area contributed by atoms with Gasteiger partial charge in [0.1, 0.15) is 29.3 Å². The molecule has 1 fully saturated rings. The SMILES string of the molecule is O=C(NCc1c(F)cc(F)cc1F)C1=CN2C(=C(O)C1O)C(=O)N1CCc3cc(F)c(F)cc3[C@H]2C1. The van der Waals surface area contributed by atoms with Gasteiger partial charge in [-0.2, -0.15) is 0 Å². The van der Waals surface area contributed by atoms with E-state index < -0.39 is 76.5 Å². The predicted molar refractivity (Wildman–Crippen MR) is 113 cm³/mol. The van der Waals surface area contributed by atoms with Crippen molar-refractivity contribution in [2.24, 2.45) is 0 Å². The second kappa shape index (κ2) is 8.63. The van der Waals surface area contributed by atoms with Crippen LogP contribution in [-0.2, 0) is 22.6 Å². The predicted octanol–water partition coefficient (Wildman–Crippen LogP) is 2.47. The topological polar surface area (TPSA) is 93.1 Å². The summed E-state index contributed by atoms with van der Waals surface area (Å²) in [6.45, 7) is -0.525. The highest BCUT2D eigenvalue weighted by Gasteiger charge is 2.45. The molecule has 2 atom stereocenters. The number of benzene rings is 2. The van der Waals surface area contributed by atoms with Gasteiger partial charge in [-0.05, 0) is 29.7 Å². The Hall–Kier alpha value is -3.93. The van der Waals surface area contributed by atoms with Crippen LogP contribution in [0.3, 0.4) is 0 Å². The van der Waals surface area contributed by atoms with Gasteiger partial charge in [0.2, 0.25) is 0 Å². The van der Waals surface area contributed by atoms with E-state index >= 15 is 0 Å². The molecule has 0 spiro atoms. The fraction of sp³-hybridized carbons (Fsp3) is 0.250. The van der Waals surface area contributed by atoms with Gasteiger partial charge < -0.3 is 25.3 Å². The number of piperazine rings is 1. The van der Waals surface area contributed by atoms with Gasteiger partial charge in [0.25, 0.3) is 11.8 Å². The largest absolute Gasteiger partial charge is 0.507 e. The van der Waals surface area contributed by atoms with Crippen LogP contribution in [0.1, 0.15) is 22.7 Å². The van der Waals surface area contributed by atoms with Crippen LogP contribution >= 0.6 is 0 Å². The molecular formula is C24H18F5N3O4. The fourth-order valence-electron chi connectivity index (χ4n) is 4.71. The van der Waals surface area contributed by atoms with Crippen LogP contribution in [0.2, 0.25) is 0 Å². The summed E-state index contributed by atoms with van der Waals surface area (Å²) in [6, 6.07) is 2.08. The third-order valence-corrected chi connectivity index (χ3v) is 6.54. The highest BCUT2D eigenvalue weighted by molar-refractivity contribution is 5.99. The summed E-state index contributed by atoms with van der Waals surface area (Å²) >= 11 is 0. The number of nitrogens with one attached hydrogen (secondary N) is 1. The lowest BCUT2D eigenvalue weighted by Gasteiger charge is -2.43. The summed E-state index contributed by atoms with van der Waals surface area (Å²) in [6.07, 6.45) is -0.651. The summed E-state index contributed by atoms with van der Waals surface area (Å²) in [7, 11) is 0. The maximum absolute atomic E-state index is 14.1. The third kappa shape index (κ3) is 3.77. The number of aliphatic hydroxyl groups excluding tert-OH is 2. The van der Waals surface area contributed by atoms with Gasteiger partial charge >= 0.3 is 0 Å². The lowest BCUT2D eigenvalue weighted by atomic mass is 9.93. The van der Waals surface area contributed by atoms with E-state index in [-0.39, 0.29) is 25.2 Å². The second-order valence-electron chi connectivity index (χ2n) is 8.64. The molecule has 1 unspecified atom stereocenters. The fourth-order valence-corrected chi connectivity index (χ4v) is 4.71. The van der Waals surface area contributed by atoms with Gasteiger partial charge in [0.15, 0.2) is 17.4 Å². The van der Waals surface area contributed by atoms with E-state index in [2.05, 4.69) is 5.32 Å². The Kier molecular flexibility index (Phi) is 5.70. The summed E-state index contributed by atoms with van der Waals surface area (Å²) in [4.78, 5) is 28.4. The van der Waals surface area contributed by atoms with Gasteiger partial charge in [0.05, 0.1) is 11.6 Å². The average Bonchev–Trinajstić information content (AvgIpc) is 2.97. The molecule has 1 saturated heterocycles. The molecule has 3 N–H and O–H groups in total. The molecule has 2 bridgehead atoms. The van der Waals surface area contributed by atoms with Crippen LogP contribution in [0.4, 0.5) is 22.0 Å². The van der Waals surface area contributed by atoms with Gasteiger partial charge in [-0.1, -0.05) is 0 Å². The van der Waals surface area contributed by atoms with E-state index in [1.807, 2.05) is 0 Å². The first-order chi connectivity index (χ1) is 17.1. The summed E-state index contributed by atoms with van der Waals surface area (Å²) in [5.74, 6) is -8.31. The standard InChI is InChI=1S/C24H18F5N3O4/c25-11-4-15(26)13(16(27)5-11)7-30-23(35)14-8-32-19-9-31(24(36)20(32)22(34)21(14)33)2-1-10-3-17(28)18(29)6-12(10)19/h3-6,8,19,21,33-34H,1-2,7,9H2,(H,30,35)/t19-,21?/m1/s1. The molecule has 3 aliphatic rings. The summed E-state index contributed by atoms with van der Waals surface area (Å²) < 4.78 is 69.0. The molecule has 36 heavy (non-hydrogen) atoms. The number of aliphatic hydroxyl groups is 2. The molecule has 2 aromatic rings. The van der Waals surface area contributed by atoms with Crippen molar-refractivity contribution in [3.63, 3.8) is 0 Å². The van der Waals surface area contributed by atoms with E-state index in [1.165, 1.54) is 9.80 Å². The lowest BCUT2D eigenvalue weighted by Crippen LogP contribution is -2.51. The van der Waals surface area contributed by atoms with Gasteiger partial charge in [-0.25, -0.2) is 22.0 Å². The molecule has 2 amide bonds. The maximum atomic E-state index is 14.1. The Morgan fingerprint density at radius 2 is 1.69 bits per heavy atom. The van der Waals surface area contributed by atoms with Crippen LogP contribution in [-0.4, -0.2) is 51.0 Å². The van der Waals surface area contributed by atoms with Gasteiger partial charge in [-0.15, -0.1) is 0 Å². The summed E-state index contributed by atoms with van der Waals surface area (Å²) in [5, 5.41) is 23.5. The molecule has 7 nitrogen and oxygen atoms in total. The molecule has 0 aromatic heterocycles. The molecule has 0 aliphatic carbocycles. The smallest absolute Gasteiger partial charge is 0.274 e. The monoisotopic (exact) mass is 507 g/mol. The highest BCUT2D eigenvalue weighted by Crippen LogP contribution is 2.41. The molecular weight excluding hydrogens is 489 g/mol.